The molecule has 0 bridgehead atoms. The van der Waals surface area contributed by atoms with Gasteiger partial charge < -0.3 is 10.2 Å². The summed E-state index contributed by atoms with van der Waals surface area (Å²) in [5.74, 6) is 4.32. The summed E-state index contributed by atoms with van der Waals surface area (Å²) in [6.07, 6.45) is 0. The summed E-state index contributed by atoms with van der Waals surface area (Å²) in [7, 11) is 1.80. The van der Waals surface area contributed by atoms with Crippen LogP contribution >= 0.6 is 7.80 Å². The molecule has 0 radical (unpaired) electrons. The molecule has 0 aliphatic carbocycles. The van der Waals surface area contributed by atoms with Crippen molar-refractivity contribution in [3.8, 4) is 0 Å². The first kappa shape index (κ1) is 21.2. The minimum absolute atomic E-state index is 0.329. The van der Waals surface area contributed by atoms with E-state index in [-0.39, 0.29) is 5.91 Å². The molecule has 3 rings (SSSR count). The first-order valence-electron chi connectivity index (χ1n) is 9.16. The number of hydrazine groups is 1. The van der Waals surface area contributed by atoms with E-state index in [4.69, 9.17) is 5.84 Å². The highest BCUT2D eigenvalue weighted by atomic mass is 31.1. The SMILES string of the molecule is CN(C)c1ccc([P+](=O)c2ccccc2)c(C(=O)Nc2ccc(C(=O)NN)cc2)c1. The van der Waals surface area contributed by atoms with E-state index in [1.165, 1.54) is 0 Å². The Hall–Kier alpha value is -3.54. The van der Waals surface area contributed by atoms with Crippen LogP contribution in [0.5, 0.6) is 0 Å². The molecule has 30 heavy (non-hydrogen) atoms. The van der Waals surface area contributed by atoms with Crippen LogP contribution in [0, 0.1) is 0 Å². The number of carbonyl (C=O) groups excluding carboxylic acids is 2. The van der Waals surface area contributed by atoms with Gasteiger partial charge in [0, 0.05) is 31.0 Å². The number of hydrogen-bond donors (Lipinski definition) is 3. The Kier molecular flexibility index (Phi) is 6.57. The van der Waals surface area contributed by atoms with Crippen molar-refractivity contribution in [1.29, 1.82) is 0 Å². The van der Waals surface area contributed by atoms with E-state index in [9.17, 15) is 14.2 Å². The molecule has 1 atom stereocenters. The molecule has 3 aromatic rings. The summed E-state index contributed by atoms with van der Waals surface area (Å²) >= 11 is 0. The standard InChI is InChI=1S/C22H21N4O3P/c1-26(2)17-12-13-20(30(29)18-6-4-3-5-7-18)19(14-17)22(28)24-16-10-8-15(9-11-16)21(27)25-23/h3-14H,1-2H3,(H3-,23,24,25,27,28,29)/p+1. The third-order valence-corrected chi connectivity index (χ3v) is 6.08. The molecule has 0 aliphatic rings. The summed E-state index contributed by atoms with van der Waals surface area (Å²) in [6.45, 7) is 0. The lowest BCUT2D eigenvalue weighted by atomic mass is 10.1. The Morgan fingerprint density at radius 3 is 2.17 bits per heavy atom. The Balaban J connectivity index is 1.94. The molecular formula is C22H22N4O3P+. The van der Waals surface area contributed by atoms with Crippen LogP contribution in [0.15, 0.2) is 72.8 Å². The first-order valence-corrected chi connectivity index (χ1v) is 10.4. The van der Waals surface area contributed by atoms with Gasteiger partial charge in [0.15, 0.2) is 5.30 Å². The van der Waals surface area contributed by atoms with E-state index < -0.39 is 13.7 Å². The summed E-state index contributed by atoms with van der Waals surface area (Å²) < 4.78 is 13.2. The van der Waals surface area contributed by atoms with Crippen molar-refractivity contribution >= 4 is 41.6 Å². The normalized spacial score (nSPS) is 10.8. The van der Waals surface area contributed by atoms with Crippen LogP contribution in [0.3, 0.4) is 0 Å². The predicted molar refractivity (Wildman–Crippen MR) is 120 cm³/mol. The van der Waals surface area contributed by atoms with Crippen LogP contribution in [0.25, 0.3) is 0 Å². The maximum absolute atomic E-state index is 13.2. The van der Waals surface area contributed by atoms with Gasteiger partial charge in [0.25, 0.3) is 11.8 Å². The van der Waals surface area contributed by atoms with E-state index in [2.05, 4.69) is 10.7 Å². The number of nitrogens with one attached hydrogen (secondary N) is 2. The van der Waals surface area contributed by atoms with Crippen molar-refractivity contribution in [3.63, 3.8) is 0 Å². The van der Waals surface area contributed by atoms with Crippen molar-refractivity contribution in [1.82, 2.24) is 5.43 Å². The number of carbonyl (C=O) groups is 2. The molecule has 0 spiro atoms. The number of nitrogen functional groups attached to an aromatic ring is 1. The Morgan fingerprint density at radius 2 is 1.57 bits per heavy atom. The number of benzene rings is 3. The molecule has 4 N–H and O–H groups in total. The fraction of sp³-hybridized carbons (Fsp3) is 0.0909. The molecular weight excluding hydrogens is 399 g/mol. The fourth-order valence-electron chi connectivity index (χ4n) is 2.85. The van der Waals surface area contributed by atoms with Gasteiger partial charge in [-0.05, 0) is 54.6 Å². The van der Waals surface area contributed by atoms with E-state index >= 15 is 0 Å². The largest absolute Gasteiger partial charge is 0.416 e. The van der Waals surface area contributed by atoms with Gasteiger partial charge in [-0.25, -0.2) is 5.84 Å². The zero-order chi connectivity index (χ0) is 21.7. The van der Waals surface area contributed by atoms with Gasteiger partial charge in [-0.3, -0.25) is 15.0 Å². The van der Waals surface area contributed by atoms with Crippen molar-refractivity contribution in [3.05, 3.63) is 83.9 Å². The highest BCUT2D eigenvalue weighted by Crippen LogP contribution is 2.25. The third kappa shape index (κ3) is 4.71. The lowest BCUT2D eigenvalue weighted by molar-refractivity contribution is 0.0953. The second kappa shape index (κ2) is 9.31. The second-order valence-electron chi connectivity index (χ2n) is 6.73. The average Bonchev–Trinajstić information content (AvgIpc) is 2.78. The highest BCUT2D eigenvalue weighted by molar-refractivity contribution is 7.61. The van der Waals surface area contributed by atoms with E-state index in [1.807, 2.05) is 43.3 Å². The minimum atomic E-state index is -1.94. The molecule has 7 nitrogen and oxygen atoms in total. The molecule has 0 saturated heterocycles. The predicted octanol–water partition coefficient (Wildman–Crippen LogP) is 2.39. The molecule has 8 heteroatoms. The Bertz CT molecular complexity index is 1080. The van der Waals surface area contributed by atoms with Gasteiger partial charge in [-0.15, -0.1) is 0 Å². The van der Waals surface area contributed by atoms with Gasteiger partial charge in [0.05, 0.1) is 5.56 Å². The van der Waals surface area contributed by atoms with Crippen LogP contribution in [0.1, 0.15) is 20.7 Å². The highest BCUT2D eigenvalue weighted by Gasteiger charge is 2.30. The lowest BCUT2D eigenvalue weighted by Crippen LogP contribution is -2.29. The van der Waals surface area contributed by atoms with Gasteiger partial charge in [0.2, 0.25) is 5.30 Å². The quantitative estimate of drug-likeness (QED) is 0.245. The lowest BCUT2D eigenvalue weighted by Gasteiger charge is -2.14. The summed E-state index contributed by atoms with van der Waals surface area (Å²) in [5, 5.41) is 3.91. The number of rotatable bonds is 6. The van der Waals surface area contributed by atoms with Crippen LogP contribution in [-0.2, 0) is 4.57 Å². The number of hydrogen-bond acceptors (Lipinski definition) is 5. The van der Waals surface area contributed by atoms with Crippen LogP contribution in [-0.4, -0.2) is 25.9 Å². The molecule has 0 aromatic heterocycles. The summed E-state index contributed by atoms with van der Waals surface area (Å²) in [6, 6.07) is 20.6. The van der Waals surface area contributed by atoms with Gasteiger partial charge >= 0.3 is 7.80 Å². The Morgan fingerprint density at radius 1 is 0.900 bits per heavy atom. The van der Waals surface area contributed by atoms with Crippen molar-refractivity contribution < 1.29 is 14.2 Å². The number of nitrogens with zero attached hydrogens (tertiary/aromatic N) is 1. The summed E-state index contributed by atoms with van der Waals surface area (Å²) in [5.41, 5.74) is 4.08. The topological polar surface area (TPSA) is 105 Å². The average molecular weight is 421 g/mol. The first-order chi connectivity index (χ1) is 14.4. The van der Waals surface area contributed by atoms with Crippen molar-refractivity contribution in [2.45, 2.75) is 0 Å². The maximum Gasteiger partial charge on any atom is 0.416 e. The van der Waals surface area contributed by atoms with Gasteiger partial charge in [-0.1, -0.05) is 22.8 Å². The molecule has 0 saturated carbocycles. The molecule has 3 aromatic carbocycles. The number of nitrogens with two attached hydrogens (primary N) is 1. The molecule has 0 aliphatic heterocycles. The van der Waals surface area contributed by atoms with E-state index in [0.717, 1.165) is 5.69 Å². The maximum atomic E-state index is 13.2. The van der Waals surface area contributed by atoms with Crippen LogP contribution in [0.4, 0.5) is 11.4 Å². The smallest absolute Gasteiger partial charge is 0.378 e. The zero-order valence-corrected chi connectivity index (χ0v) is 17.5. The molecule has 152 valence electrons. The van der Waals surface area contributed by atoms with Crippen LogP contribution < -0.4 is 32.1 Å². The van der Waals surface area contributed by atoms with Gasteiger partial charge in [0.1, 0.15) is 0 Å². The fourth-order valence-corrected chi connectivity index (χ4v) is 4.17. The number of amides is 2. The number of anilines is 2. The van der Waals surface area contributed by atoms with Crippen molar-refractivity contribution in [2.75, 3.05) is 24.3 Å². The third-order valence-electron chi connectivity index (χ3n) is 4.49. The zero-order valence-electron chi connectivity index (χ0n) is 16.6. The molecule has 0 fully saturated rings. The monoisotopic (exact) mass is 421 g/mol. The van der Waals surface area contributed by atoms with Crippen molar-refractivity contribution in [2.24, 2.45) is 5.84 Å². The summed E-state index contributed by atoms with van der Waals surface area (Å²) in [4.78, 5) is 26.5. The Labute approximate surface area is 175 Å². The second-order valence-corrected chi connectivity index (χ2v) is 8.32. The molecule has 2 amide bonds. The van der Waals surface area contributed by atoms with Gasteiger partial charge in [-0.2, -0.15) is 0 Å². The minimum Gasteiger partial charge on any atom is -0.378 e. The van der Waals surface area contributed by atoms with E-state index in [1.54, 1.807) is 48.5 Å². The molecule has 0 heterocycles. The molecule has 1 unspecified atom stereocenters. The van der Waals surface area contributed by atoms with Crippen LogP contribution in [0.2, 0.25) is 0 Å². The van der Waals surface area contributed by atoms with E-state index in [0.29, 0.717) is 27.4 Å².